The van der Waals surface area contributed by atoms with E-state index in [-0.39, 0.29) is 11.5 Å². The molecule has 2 aromatic rings. The average molecular weight is 230 g/mol. The van der Waals surface area contributed by atoms with Gasteiger partial charge in [0.2, 0.25) is 5.56 Å². The quantitative estimate of drug-likeness (QED) is 0.703. The Morgan fingerprint density at radius 2 is 2.18 bits per heavy atom. The third-order valence-electron chi connectivity index (χ3n) is 2.15. The summed E-state index contributed by atoms with van der Waals surface area (Å²) >= 11 is 0. The number of pyridine rings is 2. The predicted octanol–water partition coefficient (Wildman–Crippen LogP) is 0.604. The molecule has 0 aliphatic heterocycles. The van der Waals surface area contributed by atoms with E-state index >= 15 is 0 Å². The first-order valence-corrected chi connectivity index (χ1v) is 4.86. The molecule has 0 saturated carbocycles. The Bertz CT molecular complexity index is 586. The molecule has 6 nitrogen and oxygen atoms in total. The number of nitrogens with zero attached hydrogens (tertiary/aromatic N) is 1. The van der Waals surface area contributed by atoms with Crippen LogP contribution in [0.1, 0.15) is 10.4 Å². The monoisotopic (exact) mass is 230 g/mol. The predicted molar refractivity (Wildman–Crippen MR) is 63.7 cm³/mol. The van der Waals surface area contributed by atoms with Crippen LogP contribution in [0.3, 0.4) is 0 Å². The van der Waals surface area contributed by atoms with Gasteiger partial charge >= 0.3 is 0 Å². The van der Waals surface area contributed by atoms with Crippen molar-refractivity contribution in [3.63, 3.8) is 0 Å². The van der Waals surface area contributed by atoms with Crippen LogP contribution in [0.15, 0.2) is 41.6 Å². The number of carbonyl (C=O) groups is 1. The summed E-state index contributed by atoms with van der Waals surface area (Å²) in [5.74, 6) is -0.348. The molecule has 17 heavy (non-hydrogen) atoms. The van der Waals surface area contributed by atoms with E-state index in [9.17, 15) is 9.59 Å². The van der Waals surface area contributed by atoms with Crippen LogP contribution in [0.2, 0.25) is 0 Å². The Kier molecular flexibility index (Phi) is 2.87. The van der Waals surface area contributed by atoms with E-state index in [4.69, 9.17) is 5.73 Å². The molecular formula is C11H10N4O2. The zero-order chi connectivity index (χ0) is 12.3. The van der Waals surface area contributed by atoms with E-state index in [2.05, 4.69) is 15.3 Å². The first kappa shape index (κ1) is 10.9. The van der Waals surface area contributed by atoms with E-state index < -0.39 is 0 Å². The Morgan fingerprint density at radius 3 is 2.82 bits per heavy atom. The van der Waals surface area contributed by atoms with Crippen molar-refractivity contribution in [1.29, 1.82) is 0 Å². The van der Waals surface area contributed by atoms with Crippen molar-refractivity contribution < 1.29 is 4.79 Å². The highest BCUT2D eigenvalue weighted by atomic mass is 16.1. The van der Waals surface area contributed by atoms with Gasteiger partial charge in [-0.25, -0.2) is 0 Å². The molecule has 2 heterocycles. The van der Waals surface area contributed by atoms with Crippen molar-refractivity contribution in [2.24, 2.45) is 0 Å². The normalized spacial score (nSPS) is 9.88. The SMILES string of the molecule is Nc1cnccc1NC(=O)c1ccc(=O)[nH]c1. The van der Waals surface area contributed by atoms with Gasteiger partial charge in [0.1, 0.15) is 0 Å². The summed E-state index contributed by atoms with van der Waals surface area (Å²) < 4.78 is 0. The number of aromatic nitrogens is 2. The summed E-state index contributed by atoms with van der Waals surface area (Å²) in [6, 6.07) is 4.31. The lowest BCUT2D eigenvalue weighted by atomic mass is 10.2. The molecule has 86 valence electrons. The largest absolute Gasteiger partial charge is 0.396 e. The number of nitrogens with one attached hydrogen (secondary N) is 2. The maximum atomic E-state index is 11.8. The van der Waals surface area contributed by atoms with Crippen molar-refractivity contribution in [2.75, 3.05) is 11.1 Å². The summed E-state index contributed by atoms with van der Waals surface area (Å²) in [4.78, 5) is 28.8. The zero-order valence-corrected chi connectivity index (χ0v) is 8.81. The third kappa shape index (κ3) is 2.49. The van der Waals surface area contributed by atoms with Gasteiger partial charge < -0.3 is 16.0 Å². The molecule has 0 aliphatic carbocycles. The number of carbonyl (C=O) groups excluding carboxylic acids is 1. The average Bonchev–Trinajstić information content (AvgIpc) is 2.33. The molecule has 0 unspecified atom stereocenters. The van der Waals surface area contributed by atoms with Crippen LogP contribution in [0.25, 0.3) is 0 Å². The van der Waals surface area contributed by atoms with Crippen LogP contribution in [0.5, 0.6) is 0 Å². The van der Waals surface area contributed by atoms with E-state index in [0.717, 1.165) is 0 Å². The van der Waals surface area contributed by atoms with Crippen LogP contribution in [0.4, 0.5) is 11.4 Å². The summed E-state index contributed by atoms with van der Waals surface area (Å²) in [6.07, 6.45) is 4.32. The minimum atomic E-state index is -0.348. The third-order valence-corrected chi connectivity index (χ3v) is 2.15. The number of nitrogens with two attached hydrogens (primary N) is 1. The number of nitrogen functional groups attached to an aromatic ring is 1. The minimum Gasteiger partial charge on any atom is -0.396 e. The van der Waals surface area contributed by atoms with Gasteiger partial charge in [0.25, 0.3) is 5.91 Å². The van der Waals surface area contributed by atoms with E-state index in [1.807, 2.05) is 0 Å². The van der Waals surface area contributed by atoms with Gasteiger partial charge in [0.05, 0.1) is 23.1 Å². The first-order valence-electron chi connectivity index (χ1n) is 4.86. The van der Waals surface area contributed by atoms with Crippen molar-refractivity contribution in [3.8, 4) is 0 Å². The molecule has 4 N–H and O–H groups in total. The van der Waals surface area contributed by atoms with Crippen LogP contribution in [-0.2, 0) is 0 Å². The minimum absolute atomic E-state index is 0.259. The van der Waals surface area contributed by atoms with Crippen molar-refractivity contribution >= 4 is 17.3 Å². The fraction of sp³-hybridized carbons (Fsp3) is 0. The smallest absolute Gasteiger partial charge is 0.257 e. The highest BCUT2D eigenvalue weighted by Gasteiger charge is 2.07. The van der Waals surface area contributed by atoms with Gasteiger partial charge in [-0.2, -0.15) is 0 Å². The lowest BCUT2D eigenvalue weighted by Crippen LogP contribution is -2.15. The van der Waals surface area contributed by atoms with Gasteiger partial charge in [-0.3, -0.25) is 14.6 Å². The lowest BCUT2D eigenvalue weighted by Gasteiger charge is -2.06. The number of rotatable bonds is 2. The van der Waals surface area contributed by atoms with E-state index in [1.54, 1.807) is 6.07 Å². The molecule has 0 saturated heterocycles. The van der Waals surface area contributed by atoms with Gasteiger partial charge in [0, 0.05) is 18.5 Å². The standard InChI is InChI=1S/C11H10N4O2/c12-8-6-13-4-3-9(8)15-11(17)7-1-2-10(16)14-5-7/h1-6H,12H2,(H,14,16)(H,13,15,17). The van der Waals surface area contributed by atoms with Crippen molar-refractivity contribution in [2.45, 2.75) is 0 Å². The second kappa shape index (κ2) is 4.48. The Balaban J connectivity index is 2.20. The summed E-state index contributed by atoms with van der Waals surface area (Å²) in [5.41, 5.74) is 6.59. The molecule has 0 aromatic carbocycles. The number of amides is 1. The van der Waals surface area contributed by atoms with Gasteiger partial charge in [-0.05, 0) is 12.1 Å². The first-order chi connectivity index (χ1) is 8.16. The topological polar surface area (TPSA) is 101 Å². The van der Waals surface area contributed by atoms with Crippen LogP contribution < -0.4 is 16.6 Å². The summed E-state index contributed by atoms with van der Waals surface area (Å²) in [5, 5.41) is 2.62. The number of H-pyrrole nitrogens is 1. The molecule has 0 atom stereocenters. The van der Waals surface area contributed by atoms with Gasteiger partial charge in [0.15, 0.2) is 0 Å². The summed E-state index contributed by atoms with van der Waals surface area (Å²) in [7, 11) is 0. The molecule has 0 aliphatic rings. The zero-order valence-electron chi connectivity index (χ0n) is 8.81. The Labute approximate surface area is 96.5 Å². The number of hydrogen-bond donors (Lipinski definition) is 3. The van der Waals surface area contributed by atoms with Gasteiger partial charge in [-0.1, -0.05) is 0 Å². The van der Waals surface area contributed by atoms with Crippen LogP contribution in [0, 0.1) is 0 Å². The molecule has 1 amide bonds. The highest BCUT2D eigenvalue weighted by Crippen LogP contribution is 2.15. The maximum absolute atomic E-state index is 11.8. The molecule has 0 bridgehead atoms. The summed E-state index contributed by atoms with van der Waals surface area (Å²) in [6.45, 7) is 0. The number of anilines is 2. The van der Waals surface area contributed by atoms with E-state index in [1.165, 1.54) is 30.7 Å². The maximum Gasteiger partial charge on any atom is 0.257 e. The van der Waals surface area contributed by atoms with Crippen LogP contribution >= 0.6 is 0 Å². The molecular weight excluding hydrogens is 220 g/mol. The van der Waals surface area contributed by atoms with E-state index in [0.29, 0.717) is 16.9 Å². The lowest BCUT2D eigenvalue weighted by molar-refractivity contribution is 0.102. The molecule has 0 radical (unpaired) electrons. The molecule has 2 rings (SSSR count). The Morgan fingerprint density at radius 1 is 1.35 bits per heavy atom. The second-order valence-corrected chi connectivity index (χ2v) is 3.36. The number of aromatic amines is 1. The second-order valence-electron chi connectivity index (χ2n) is 3.36. The highest BCUT2D eigenvalue weighted by molar-refractivity contribution is 6.05. The van der Waals surface area contributed by atoms with Gasteiger partial charge in [-0.15, -0.1) is 0 Å². The fourth-order valence-corrected chi connectivity index (χ4v) is 1.27. The molecule has 0 spiro atoms. The number of hydrogen-bond acceptors (Lipinski definition) is 4. The molecule has 6 heteroatoms. The molecule has 2 aromatic heterocycles. The Hall–Kier alpha value is -2.63. The molecule has 0 fully saturated rings. The van der Waals surface area contributed by atoms with Crippen molar-refractivity contribution in [1.82, 2.24) is 9.97 Å². The fourth-order valence-electron chi connectivity index (χ4n) is 1.27. The van der Waals surface area contributed by atoms with Crippen molar-refractivity contribution in [3.05, 3.63) is 52.7 Å². The van der Waals surface area contributed by atoms with Crippen LogP contribution in [-0.4, -0.2) is 15.9 Å².